The standard InChI is InChI=1S/C13H15NO4S/c1-7-10(15)11(16)12(17)13(18-7)8-4-2-3-5-9(8)14-6-19/h2-5,7,10-13,15-17H,1H3/t7-,10-,11+,12+,13?/m1/s1. The van der Waals surface area contributed by atoms with E-state index in [2.05, 4.69) is 22.4 Å². The molecule has 1 saturated heterocycles. The molecule has 0 aliphatic carbocycles. The molecule has 102 valence electrons. The number of isothiocyanates is 1. The smallest absolute Gasteiger partial charge is 0.114 e. The summed E-state index contributed by atoms with van der Waals surface area (Å²) >= 11 is 4.58. The summed E-state index contributed by atoms with van der Waals surface area (Å²) in [6.45, 7) is 1.64. The molecule has 1 fully saturated rings. The highest BCUT2D eigenvalue weighted by Crippen LogP contribution is 2.36. The summed E-state index contributed by atoms with van der Waals surface area (Å²) in [5.74, 6) is 0. The fraction of sp³-hybridized carbons (Fsp3) is 0.462. The number of hydrogen-bond donors (Lipinski definition) is 3. The van der Waals surface area contributed by atoms with Crippen molar-refractivity contribution >= 4 is 23.1 Å². The second-order valence-corrected chi connectivity index (χ2v) is 4.68. The Morgan fingerprint density at radius 3 is 2.53 bits per heavy atom. The monoisotopic (exact) mass is 281 g/mol. The van der Waals surface area contributed by atoms with Crippen LogP contribution in [0.25, 0.3) is 0 Å². The predicted molar refractivity (Wildman–Crippen MR) is 72.4 cm³/mol. The third-order valence-corrected chi connectivity index (χ3v) is 3.35. The topological polar surface area (TPSA) is 82.3 Å². The molecule has 1 aromatic rings. The second-order valence-electron chi connectivity index (χ2n) is 4.50. The van der Waals surface area contributed by atoms with Gasteiger partial charge in [0.2, 0.25) is 0 Å². The van der Waals surface area contributed by atoms with E-state index in [-0.39, 0.29) is 0 Å². The number of aliphatic hydroxyl groups excluding tert-OH is 3. The lowest BCUT2D eigenvalue weighted by atomic mass is 9.91. The molecule has 1 unspecified atom stereocenters. The van der Waals surface area contributed by atoms with E-state index in [1.54, 1.807) is 31.2 Å². The fourth-order valence-corrected chi connectivity index (χ4v) is 2.29. The number of hydrogen-bond acceptors (Lipinski definition) is 6. The van der Waals surface area contributed by atoms with Gasteiger partial charge in [0.25, 0.3) is 0 Å². The van der Waals surface area contributed by atoms with Crippen molar-refractivity contribution in [1.82, 2.24) is 0 Å². The van der Waals surface area contributed by atoms with Crippen LogP contribution in [0.5, 0.6) is 0 Å². The maximum Gasteiger partial charge on any atom is 0.114 e. The Labute approximate surface area is 116 Å². The molecule has 1 aliphatic heterocycles. The van der Waals surface area contributed by atoms with E-state index in [4.69, 9.17) is 4.74 Å². The van der Waals surface area contributed by atoms with Gasteiger partial charge >= 0.3 is 0 Å². The van der Waals surface area contributed by atoms with Crippen LogP contribution in [0.3, 0.4) is 0 Å². The number of aliphatic hydroxyl groups is 3. The summed E-state index contributed by atoms with van der Waals surface area (Å²) in [6, 6.07) is 7.00. The van der Waals surface area contributed by atoms with Gasteiger partial charge in [-0.15, -0.1) is 0 Å². The number of rotatable bonds is 2. The van der Waals surface area contributed by atoms with Crippen molar-refractivity contribution in [2.45, 2.75) is 37.4 Å². The van der Waals surface area contributed by atoms with Crippen LogP contribution in [0.15, 0.2) is 29.3 Å². The van der Waals surface area contributed by atoms with Crippen LogP contribution < -0.4 is 0 Å². The van der Waals surface area contributed by atoms with Gasteiger partial charge in [-0.2, -0.15) is 4.99 Å². The van der Waals surface area contributed by atoms with Gasteiger partial charge < -0.3 is 20.1 Å². The minimum absolute atomic E-state index is 0.525. The van der Waals surface area contributed by atoms with Gasteiger partial charge in [0.15, 0.2) is 0 Å². The molecule has 0 aromatic heterocycles. The Hall–Kier alpha value is -1.14. The van der Waals surface area contributed by atoms with Crippen LogP contribution in [-0.4, -0.2) is 44.9 Å². The van der Waals surface area contributed by atoms with E-state index in [9.17, 15) is 15.3 Å². The highest BCUT2D eigenvalue weighted by Gasteiger charge is 2.42. The number of aliphatic imine (C=N–C) groups is 1. The Balaban J connectivity index is 2.38. The molecular formula is C13H15NO4S. The maximum absolute atomic E-state index is 10.0. The highest BCUT2D eigenvalue weighted by atomic mass is 32.1. The van der Waals surface area contributed by atoms with E-state index < -0.39 is 30.5 Å². The molecule has 3 N–H and O–H groups in total. The number of para-hydroxylation sites is 1. The van der Waals surface area contributed by atoms with Crippen LogP contribution in [-0.2, 0) is 4.74 Å². The SMILES string of the molecule is C[C@H]1OC(c2ccccc2N=C=S)[C@@H](O)[C@@H](O)[C@@H]1O. The molecule has 0 spiro atoms. The zero-order valence-corrected chi connectivity index (χ0v) is 11.1. The zero-order chi connectivity index (χ0) is 14.0. The van der Waals surface area contributed by atoms with Crippen LogP contribution in [0, 0.1) is 0 Å². The fourth-order valence-electron chi connectivity index (χ4n) is 2.19. The van der Waals surface area contributed by atoms with Gasteiger partial charge in [-0.05, 0) is 25.2 Å². The first-order valence-corrected chi connectivity index (χ1v) is 6.33. The van der Waals surface area contributed by atoms with Gasteiger partial charge in [-0.25, -0.2) is 0 Å². The van der Waals surface area contributed by atoms with E-state index in [0.717, 1.165) is 0 Å². The van der Waals surface area contributed by atoms with Crippen LogP contribution >= 0.6 is 12.2 Å². The van der Waals surface area contributed by atoms with E-state index >= 15 is 0 Å². The molecule has 1 heterocycles. The minimum Gasteiger partial charge on any atom is -0.388 e. The molecule has 0 saturated carbocycles. The first-order valence-electron chi connectivity index (χ1n) is 5.92. The zero-order valence-electron chi connectivity index (χ0n) is 10.3. The molecule has 0 amide bonds. The molecule has 2 rings (SSSR count). The molecule has 1 aromatic carbocycles. The lowest BCUT2D eigenvalue weighted by molar-refractivity contribution is -0.219. The van der Waals surface area contributed by atoms with Gasteiger partial charge in [0, 0.05) is 5.56 Å². The average Bonchev–Trinajstić information content (AvgIpc) is 2.42. The van der Waals surface area contributed by atoms with Crippen LogP contribution in [0.4, 0.5) is 5.69 Å². The predicted octanol–water partition coefficient (Wildman–Crippen LogP) is 0.963. The molecule has 0 radical (unpaired) electrons. The summed E-state index contributed by atoms with van der Waals surface area (Å²) in [5, 5.41) is 31.8. The first-order chi connectivity index (χ1) is 9.06. The van der Waals surface area contributed by atoms with E-state index in [1.807, 2.05) is 0 Å². The van der Waals surface area contributed by atoms with Gasteiger partial charge in [0.1, 0.15) is 24.4 Å². The quantitative estimate of drug-likeness (QED) is 0.556. The summed E-state index contributed by atoms with van der Waals surface area (Å²) in [5.41, 5.74) is 1.13. The number of nitrogens with zero attached hydrogens (tertiary/aromatic N) is 1. The van der Waals surface area contributed by atoms with E-state index in [1.165, 1.54) is 0 Å². The molecular weight excluding hydrogens is 266 g/mol. The van der Waals surface area contributed by atoms with Crippen LogP contribution in [0.1, 0.15) is 18.6 Å². The summed E-state index contributed by atoms with van der Waals surface area (Å²) in [6.07, 6.45) is -4.97. The lowest BCUT2D eigenvalue weighted by Gasteiger charge is -2.39. The van der Waals surface area contributed by atoms with Crippen molar-refractivity contribution < 1.29 is 20.1 Å². The van der Waals surface area contributed by atoms with Crippen molar-refractivity contribution in [3.8, 4) is 0 Å². The average molecular weight is 281 g/mol. The van der Waals surface area contributed by atoms with Crippen molar-refractivity contribution in [3.63, 3.8) is 0 Å². The lowest BCUT2D eigenvalue weighted by Crippen LogP contribution is -2.53. The molecule has 5 nitrogen and oxygen atoms in total. The minimum atomic E-state index is -1.27. The van der Waals surface area contributed by atoms with Crippen molar-refractivity contribution in [2.75, 3.05) is 0 Å². The van der Waals surface area contributed by atoms with Gasteiger partial charge in [-0.3, -0.25) is 0 Å². The van der Waals surface area contributed by atoms with Gasteiger partial charge in [0.05, 0.1) is 17.0 Å². The van der Waals surface area contributed by atoms with Crippen molar-refractivity contribution in [1.29, 1.82) is 0 Å². The molecule has 5 atom stereocenters. The summed E-state index contributed by atoms with van der Waals surface area (Å²) < 4.78 is 5.57. The Kier molecular flexibility index (Phi) is 4.42. The van der Waals surface area contributed by atoms with Gasteiger partial charge in [-0.1, -0.05) is 18.2 Å². The highest BCUT2D eigenvalue weighted by molar-refractivity contribution is 7.78. The summed E-state index contributed by atoms with van der Waals surface area (Å²) in [7, 11) is 0. The first kappa shape index (κ1) is 14.3. The number of ether oxygens (including phenoxy) is 1. The Bertz CT molecular complexity index is 503. The Morgan fingerprint density at radius 2 is 1.84 bits per heavy atom. The maximum atomic E-state index is 10.0. The van der Waals surface area contributed by atoms with E-state index in [0.29, 0.717) is 11.3 Å². The summed E-state index contributed by atoms with van der Waals surface area (Å²) in [4.78, 5) is 3.91. The molecule has 0 bridgehead atoms. The third kappa shape index (κ3) is 2.74. The Morgan fingerprint density at radius 1 is 1.16 bits per heavy atom. The normalized spacial score (nSPS) is 34.6. The van der Waals surface area contributed by atoms with Crippen molar-refractivity contribution in [3.05, 3.63) is 29.8 Å². The molecule has 1 aliphatic rings. The number of benzene rings is 1. The molecule has 6 heteroatoms. The molecule has 19 heavy (non-hydrogen) atoms. The third-order valence-electron chi connectivity index (χ3n) is 3.26. The second kappa shape index (κ2) is 5.88. The van der Waals surface area contributed by atoms with Crippen molar-refractivity contribution in [2.24, 2.45) is 4.99 Å². The van der Waals surface area contributed by atoms with Crippen LogP contribution in [0.2, 0.25) is 0 Å². The largest absolute Gasteiger partial charge is 0.388 e. The number of thiocarbonyl (C=S) groups is 1.